The SMILES string of the molecule is CN1Nc2ccc(C(F)(F)F)cc2N1O. The van der Waals surface area contributed by atoms with Crippen LogP contribution in [0.15, 0.2) is 18.2 Å². The summed E-state index contributed by atoms with van der Waals surface area (Å²) in [6, 6.07) is 3.11. The van der Waals surface area contributed by atoms with E-state index in [1.807, 2.05) is 0 Å². The van der Waals surface area contributed by atoms with Gasteiger partial charge in [-0.25, -0.2) is 0 Å². The van der Waals surface area contributed by atoms with Gasteiger partial charge in [-0.3, -0.25) is 10.6 Å². The van der Waals surface area contributed by atoms with E-state index < -0.39 is 11.7 Å². The fraction of sp³-hybridized carbons (Fsp3) is 0.250. The number of hydrogen-bond acceptors (Lipinski definition) is 4. The minimum Gasteiger partial charge on any atom is -0.297 e. The van der Waals surface area contributed by atoms with Crippen molar-refractivity contribution < 1.29 is 18.4 Å². The first kappa shape index (κ1) is 10.1. The average Bonchev–Trinajstić information content (AvgIpc) is 2.41. The molecule has 0 saturated heterocycles. The summed E-state index contributed by atoms with van der Waals surface area (Å²) >= 11 is 0. The van der Waals surface area contributed by atoms with Gasteiger partial charge < -0.3 is 0 Å². The van der Waals surface area contributed by atoms with Gasteiger partial charge in [0.25, 0.3) is 0 Å². The number of hydrogen-bond donors (Lipinski definition) is 2. The summed E-state index contributed by atoms with van der Waals surface area (Å²) in [7, 11) is 1.48. The van der Waals surface area contributed by atoms with Crippen molar-refractivity contribution in [3.8, 4) is 0 Å². The lowest BCUT2D eigenvalue weighted by Gasteiger charge is -2.17. The van der Waals surface area contributed by atoms with Crippen LogP contribution in [-0.2, 0) is 6.18 Å². The third kappa shape index (κ3) is 1.59. The van der Waals surface area contributed by atoms with Crippen LogP contribution in [0.3, 0.4) is 0 Å². The Bertz CT molecular complexity index is 393. The Labute approximate surface area is 83.4 Å². The Morgan fingerprint density at radius 2 is 2.00 bits per heavy atom. The molecule has 15 heavy (non-hydrogen) atoms. The highest BCUT2D eigenvalue weighted by atomic mass is 19.4. The highest BCUT2D eigenvalue weighted by Gasteiger charge is 2.33. The van der Waals surface area contributed by atoms with E-state index in [4.69, 9.17) is 0 Å². The van der Waals surface area contributed by atoms with Crippen LogP contribution < -0.4 is 10.6 Å². The summed E-state index contributed by atoms with van der Waals surface area (Å²) in [6.45, 7) is 0. The van der Waals surface area contributed by atoms with Crippen molar-refractivity contribution in [3.63, 3.8) is 0 Å². The minimum absolute atomic E-state index is 0.0762. The van der Waals surface area contributed by atoms with Gasteiger partial charge in [-0.15, -0.1) is 5.12 Å². The number of alkyl halides is 3. The van der Waals surface area contributed by atoms with Gasteiger partial charge in [-0.2, -0.15) is 18.3 Å². The quantitative estimate of drug-likeness (QED) is 0.700. The molecule has 7 heteroatoms. The normalized spacial score (nSPS) is 16.5. The number of rotatable bonds is 0. The smallest absolute Gasteiger partial charge is 0.297 e. The number of anilines is 2. The molecular weight excluding hydrogens is 211 g/mol. The number of benzene rings is 1. The second-order valence-electron chi connectivity index (χ2n) is 3.15. The van der Waals surface area contributed by atoms with Crippen LogP contribution in [0.25, 0.3) is 0 Å². The van der Waals surface area contributed by atoms with E-state index in [2.05, 4.69) is 5.43 Å². The Kier molecular flexibility index (Phi) is 2.02. The maximum absolute atomic E-state index is 12.3. The van der Waals surface area contributed by atoms with E-state index in [1.54, 1.807) is 0 Å². The first-order valence-electron chi connectivity index (χ1n) is 4.10. The predicted molar refractivity (Wildman–Crippen MR) is 47.1 cm³/mol. The lowest BCUT2D eigenvalue weighted by molar-refractivity contribution is -0.137. The molecule has 0 aliphatic carbocycles. The van der Waals surface area contributed by atoms with Crippen molar-refractivity contribution in [1.29, 1.82) is 0 Å². The van der Waals surface area contributed by atoms with Crippen LogP contribution in [0.5, 0.6) is 0 Å². The van der Waals surface area contributed by atoms with Crippen molar-refractivity contribution in [2.75, 3.05) is 17.6 Å². The molecule has 0 aromatic heterocycles. The van der Waals surface area contributed by atoms with Crippen molar-refractivity contribution in [3.05, 3.63) is 23.8 Å². The number of fused-ring (bicyclic) bond motifs is 1. The van der Waals surface area contributed by atoms with Crippen LogP contribution in [0.2, 0.25) is 0 Å². The molecule has 4 nitrogen and oxygen atoms in total. The maximum Gasteiger partial charge on any atom is 0.416 e. The van der Waals surface area contributed by atoms with E-state index in [9.17, 15) is 18.4 Å². The molecule has 2 rings (SSSR count). The molecule has 0 saturated carbocycles. The zero-order chi connectivity index (χ0) is 11.2. The van der Waals surface area contributed by atoms with Gasteiger partial charge in [0.15, 0.2) is 0 Å². The molecule has 2 N–H and O–H groups in total. The van der Waals surface area contributed by atoms with Gasteiger partial charge in [-0.1, -0.05) is 0 Å². The van der Waals surface area contributed by atoms with Gasteiger partial charge in [-0.05, 0) is 18.2 Å². The Hall–Kier alpha value is -1.47. The van der Waals surface area contributed by atoms with Gasteiger partial charge in [0, 0.05) is 7.05 Å². The number of nitrogens with one attached hydrogen (secondary N) is 1. The molecule has 1 aromatic rings. The van der Waals surface area contributed by atoms with Gasteiger partial charge in [0.2, 0.25) is 0 Å². The third-order valence-electron chi connectivity index (χ3n) is 2.11. The maximum atomic E-state index is 12.3. The molecule has 0 spiro atoms. The molecule has 1 aliphatic heterocycles. The lowest BCUT2D eigenvalue weighted by Crippen LogP contribution is -2.35. The molecule has 0 bridgehead atoms. The standard InChI is InChI=1S/C8H8F3N3O/c1-13-12-6-3-2-5(8(9,10)11)4-7(6)14(13)15/h2-4,12,15H,1H3. The summed E-state index contributed by atoms with van der Waals surface area (Å²) in [5, 5.41) is 11.2. The van der Waals surface area contributed by atoms with Gasteiger partial charge in [0.1, 0.15) is 5.69 Å². The molecular formula is C8H8F3N3O. The highest BCUT2D eigenvalue weighted by Crippen LogP contribution is 2.37. The van der Waals surface area contributed by atoms with Crippen molar-refractivity contribution >= 4 is 11.4 Å². The van der Waals surface area contributed by atoms with Crippen LogP contribution in [0, 0.1) is 0 Å². The lowest BCUT2D eigenvalue weighted by atomic mass is 10.1. The molecule has 0 fully saturated rings. The second kappa shape index (κ2) is 3.01. The molecule has 0 unspecified atom stereocenters. The summed E-state index contributed by atoms with van der Waals surface area (Å²) in [4.78, 5) is 0. The zero-order valence-corrected chi connectivity index (χ0v) is 7.71. The molecule has 0 amide bonds. The van der Waals surface area contributed by atoms with E-state index in [1.165, 1.54) is 18.2 Å². The fourth-order valence-corrected chi connectivity index (χ4v) is 1.35. The molecule has 1 aliphatic rings. The largest absolute Gasteiger partial charge is 0.416 e. The van der Waals surface area contributed by atoms with Crippen LogP contribution in [0.1, 0.15) is 5.56 Å². The predicted octanol–water partition coefficient (Wildman–Crippen LogP) is 2.09. The van der Waals surface area contributed by atoms with Crippen LogP contribution in [-0.4, -0.2) is 17.4 Å². The van der Waals surface area contributed by atoms with Gasteiger partial charge >= 0.3 is 6.18 Å². The summed E-state index contributed by atoms with van der Waals surface area (Å²) in [6.07, 6.45) is -4.41. The van der Waals surface area contributed by atoms with E-state index in [-0.39, 0.29) is 5.69 Å². The molecule has 1 aromatic carbocycles. The number of hydrazine groups is 2. The molecule has 82 valence electrons. The highest BCUT2D eigenvalue weighted by molar-refractivity contribution is 5.72. The molecule has 0 radical (unpaired) electrons. The molecule has 0 atom stereocenters. The second-order valence-corrected chi connectivity index (χ2v) is 3.15. The number of halogens is 3. The monoisotopic (exact) mass is 219 g/mol. The Morgan fingerprint density at radius 1 is 1.33 bits per heavy atom. The Balaban J connectivity index is 2.44. The first-order valence-corrected chi connectivity index (χ1v) is 4.10. The van der Waals surface area contributed by atoms with Crippen molar-refractivity contribution in [2.45, 2.75) is 6.18 Å². The summed E-state index contributed by atoms with van der Waals surface area (Å²) < 4.78 is 37.0. The zero-order valence-electron chi connectivity index (χ0n) is 7.71. The first-order chi connectivity index (χ1) is 6.89. The topological polar surface area (TPSA) is 38.7 Å². The number of nitrogens with zero attached hydrogens (tertiary/aromatic N) is 2. The Morgan fingerprint density at radius 3 is 2.60 bits per heavy atom. The summed E-state index contributed by atoms with van der Waals surface area (Å²) in [5.41, 5.74) is 2.37. The van der Waals surface area contributed by atoms with Gasteiger partial charge in [0.05, 0.1) is 11.3 Å². The van der Waals surface area contributed by atoms with E-state index in [0.29, 0.717) is 10.9 Å². The third-order valence-corrected chi connectivity index (χ3v) is 2.11. The van der Waals surface area contributed by atoms with Crippen molar-refractivity contribution in [1.82, 2.24) is 5.12 Å². The minimum atomic E-state index is -4.41. The van der Waals surface area contributed by atoms with Crippen LogP contribution >= 0.6 is 0 Å². The summed E-state index contributed by atoms with van der Waals surface area (Å²) in [5.74, 6) is 0. The van der Waals surface area contributed by atoms with Crippen molar-refractivity contribution in [2.24, 2.45) is 0 Å². The average molecular weight is 219 g/mol. The fourth-order valence-electron chi connectivity index (χ4n) is 1.35. The van der Waals surface area contributed by atoms with E-state index >= 15 is 0 Å². The van der Waals surface area contributed by atoms with E-state index in [0.717, 1.165) is 12.1 Å². The molecule has 1 heterocycles. The van der Waals surface area contributed by atoms with Crippen LogP contribution in [0.4, 0.5) is 24.5 Å².